The zero-order valence-corrected chi connectivity index (χ0v) is 18.9. The van der Waals surface area contributed by atoms with E-state index in [1.807, 2.05) is 43.3 Å². The normalized spacial score (nSPS) is 14.9. The summed E-state index contributed by atoms with van der Waals surface area (Å²) in [6.07, 6.45) is 0.629. The summed E-state index contributed by atoms with van der Waals surface area (Å²) < 4.78 is 10.8. The van der Waals surface area contributed by atoms with Crippen molar-refractivity contribution < 1.29 is 18.7 Å². The first kappa shape index (κ1) is 21.6. The number of rotatable bonds is 5. The Morgan fingerprint density at radius 2 is 1.74 bits per heavy atom. The molecule has 34 heavy (non-hydrogen) atoms. The van der Waals surface area contributed by atoms with Gasteiger partial charge in [0.15, 0.2) is 5.43 Å². The van der Waals surface area contributed by atoms with Crippen LogP contribution < -0.4 is 5.43 Å². The Morgan fingerprint density at radius 3 is 2.44 bits per heavy atom. The van der Waals surface area contributed by atoms with Gasteiger partial charge >= 0.3 is 5.97 Å². The van der Waals surface area contributed by atoms with Crippen molar-refractivity contribution in [3.8, 4) is 0 Å². The zero-order chi connectivity index (χ0) is 23.8. The number of carbonyl (C=O) groups is 2. The average Bonchev–Trinajstić information content (AvgIpc) is 3.15. The van der Waals surface area contributed by atoms with Gasteiger partial charge in [-0.3, -0.25) is 9.59 Å². The number of hydrogen-bond donors (Lipinski definition) is 0. The van der Waals surface area contributed by atoms with Crippen molar-refractivity contribution in [1.29, 1.82) is 0 Å². The summed E-state index contributed by atoms with van der Waals surface area (Å²) in [5.41, 5.74) is 3.67. The molecule has 0 saturated carbocycles. The first-order chi connectivity index (χ1) is 16.5. The number of nitrogens with zero attached hydrogens (tertiary/aromatic N) is 1. The molecule has 0 radical (unpaired) electrons. The van der Waals surface area contributed by atoms with Gasteiger partial charge in [0.05, 0.1) is 29.7 Å². The number of benzene rings is 3. The fraction of sp³-hybridized carbons (Fsp3) is 0.179. The molecule has 2 heterocycles. The Morgan fingerprint density at radius 1 is 1.00 bits per heavy atom. The molecule has 0 unspecified atom stereocenters. The molecule has 0 fully saturated rings. The van der Waals surface area contributed by atoms with Gasteiger partial charge in [-0.25, -0.2) is 4.79 Å². The summed E-state index contributed by atoms with van der Waals surface area (Å²) in [5.74, 6) is -0.680. The van der Waals surface area contributed by atoms with Gasteiger partial charge in [-0.15, -0.1) is 0 Å². The minimum Gasteiger partial charge on any atom is -0.465 e. The fourth-order valence-electron chi connectivity index (χ4n) is 4.52. The largest absolute Gasteiger partial charge is 0.465 e. The molecule has 0 aliphatic carbocycles. The molecule has 5 rings (SSSR count). The molecule has 1 aliphatic heterocycles. The summed E-state index contributed by atoms with van der Waals surface area (Å²) in [6, 6.07) is 21.4. The quantitative estimate of drug-likeness (QED) is 0.410. The molecule has 6 nitrogen and oxygen atoms in total. The highest BCUT2D eigenvalue weighted by Crippen LogP contribution is 2.38. The van der Waals surface area contributed by atoms with Crippen molar-refractivity contribution in [2.45, 2.75) is 19.4 Å². The lowest BCUT2D eigenvalue weighted by Gasteiger charge is -2.25. The maximum absolute atomic E-state index is 13.6. The summed E-state index contributed by atoms with van der Waals surface area (Å²) in [7, 11) is 1.33. The molecule has 0 bridgehead atoms. The summed E-state index contributed by atoms with van der Waals surface area (Å²) >= 11 is 0. The molecule has 0 N–H and O–H groups in total. The third kappa shape index (κ3) is 3.67. The van der Waals surface area contributed by atoms with Gasteiger partial charge in [0, 0.05) is 6.54 Å². The van der Waals surface area contributed by atoms with Gasteiger partial charge in [-0.1, -0.05) is 54.1 Å². The van der Waals surface area contributed by atoms with Crippen LogP contribution >= 0.6 is 0 Å². The smallest absolute Gasteiger partial charge is 0.337 e. The van der Waals surface area contributed by atoms with Crippen molar-refractivity contribution in [2.24, 2.45) is 0 Å². The molecule has 1 atom stereocenters. The predicted molar refractivity (Wildman–Crippen MR) is 128 cm³/mol. The average molecular weight is 453 g/mol. The molecule has 1 aliphatic rings. The van der Waals surface area contributed by atoms with Crippen molar-refractivity contribution in [3.05, 3.63) is 117 Å². The Bertz CT molecular complexity index is 1450. The van der Waals surface area contributed by atoms with Crippen LogP contribution in [0.2, 0.25) is 0 Å². The van der Waals surface area contributed by atoms with Crippen LogP contribution in [0, 0.1) is 6.92 Å². The number of methoxy groups -OCH3 is 1. The lowest BCUT2D eigenvalue weighted by atomic mass is 9.97. The molecular formula is C28H23NO5. The second kappa shape index (κ2) is 8.63. The van der Waals surface area contributed by atoms with Crippen LogP contribution in [-0.2, 0) is 11.2 Å². The number of carbonyl (C=O) groups excluding carboxylic acids is 2. The van der Waals surface area contributed by atoms with Crippen molar-refractivity contribution in [3.63, 3.8) is 0 Å². The second-order valence-corrected chi connectivity index (χ2v) is 8.42. The lowest BCUT2D eigenvalue weighted by molar-refractivity contribution is 0.0600. The number of esters is 1. The van der Waals surface area contributed by atoms with E-state index in [1.165, 1.54) is 7.11 Å². The standard InChI is InChI=1S/C28H23NO5/c1-17-8-13-22-21(16-17)25(30)23-24(19-9-11-20(12-10-19)28(32)33-2)29(27(31)26(23)34-22)15-14-18-6-4-3-5-7-18/h3-13,16,24H,14-15H2,1-2H3/t24-/m0/s1. The maximum Gasteiger partial charge on any atom is 0.337 e. The Labute approximate surface area is 196 Å². The van der Waals surface area contributed by atoms with E-state index >= 15 is 0 Å². The van der Waals surface area contributed by atoms with E-state index in [2.05, 4.69) is 0 Å². The predicted octanol–water partition coefficient (Wildman–Crippen LogP) is 4.68. The number of fused-ring (bicyclic) bond motifs is 2. The van der Waals surface area contributed by atoms with E-state index in [1.54, 1.807) is 41.3 Å². The van der Waals surface area contributed by atoms with Crippen LogP contribution in [0.1, 0.15) is 49.2 Å². The first-order valence-corrected chi connectivity index (χ1v) is 11.1. The van der Waals surface area contributed by atoms with E-state index in [0.717, 1.165) is 16.7 Å². The van der Waals surface area contributed by atoms with E-state index in [-0.39, 0.29) is 17.1 Å². The van der Waals surface area contributed by atoms with Gasteiger partial charge in [-0.05, 0) is 48.7 Å². The number of hydrogen-bond acceptors (Lipinski definition) is 5. The molecule has 3 aromatic carbocycles. The minimum atomic E-state index is -0.612. The van der Waals surface area contributed by atoms with E-state index in [0.29, 0.717) is 35.1 Å². The van der Waals surface area contributed by atoms with E-state index in [9.17, 15) is 14.4 Å². The molecule has 6 heteroatoms. The first-order valence-electron chi connectivity index (χ1n) is 11.1. The fourth-order valence-corrected chi connectivity index (χ4v) is 4.52. The highest BCUT2D eigenvalue weighted by molar-refractivity contribution is 5.99. The molecule has 170 valence electrons. The van der Waals surface area contributed by atoms with Crippen molar-refractivity contribution in [1.82, 2.24) is 4.90 Å². The van der Waals surface area contributed by atoms with Gasteiger partial charge < -0.3 is 14.1 Å². The Kier molecular flexibility index (Phi) is 5.49. The van der Waals surface area contributed by atoms with Gasteiger partial charge in [0.1, 0.15) is 5.58 Å². The molecule has 0 spiro atoms. The van der Waals surface area contributed by atoms with Gasteiger partial charge in [0.25, 0.3) is 5.91 Å². The maximum atomic E-state index is 13.6. The van der Waals surface area contributed by atoms with Crippen molar-refractivity contribution in [2.75, 3.05) is 13.7 Å². The van der Waals surface area contributed by atoms with Crippen LogP contribution in [0.25, 0.3) is 11.0 Å². The second-order valence-electron chi connectivity index (χ2n) is 8.42. The Balaban J connectivity index is 1.63. The van der Waals surface area contributed by atoms with Crippen LogP contribution in [0.5, 0.6) is 0 Å². The summed E-state index contributed by atoms with van der Waals surface area (Å²) in [4.78, 5) is 40.7. The van der Waals surface area contributed by atoms with Crippen LogP contribution in [0.3, 0.4) is 0 Å². The molecule has 4 aromatic rings. The van der Waals surface area contributed by atoms with E-state index < -0.39 is 12.0 Å². The van der Waals surface area contributed by atoms with Crippen LogP contribution in [0.15, 0.2) is 82.0 Å². The molecule has 1 aromatic heterocycles. The molecular weight excluding hydrogens is 430 g/mol. The number of ether oxygens (including phenoxy) is 1. The Hall–Kier alpha value is -4.19. The highest BCUT2D eigenvalue weighted by atomic mass is 16.5. The monoisotopic (exact) mass is 453 g/mol. The van der Waals surface area contributed by atoms with Gasteiger partial charge in [0.2, 0.25) is 5.76 Å². The van der Waals surface area contributed by atoms with Crippen LogP contribution in [0.4, 0.5) is 0 Å². The topological polar surface area (TPSA) is 76.8 Å². The van der Waals surface area contributed by atoms with E-state index in [4.69, 9.17) is 9.15 Å². The molecule has 0 saturated heterocycles. The molecule has 1 amide bonds. The summed E-state index contributed by atoms with van der Waals surface area (Å²) in [6.45, 7) is 2.32. The zero-order valence-electron chi connectivity index (χ0n) is 18.9. The van der Waals surface area contributed by atoms with Crippen LogP contribution in [-0.4, -0.2) is 30.4 Å². The number of amides is 1. The SMILES string of the molecule is COC(=O)c1ccc([C@H]2c3c(oc4ccc(C)cc4c3=O)C(=O)N2CCc2ccccc2)cc1. The minimum absolute atomic E-state index is 0.0801. The van der Waals surface area contributed by atoms with Gasteiger partial charge in [-0.2, -0.15) is 0 Å². The third-order valence-electron chi connectivity index (χ3n) is 6.25. The summed E-state index contributed by atoms with van der Waals surface area (Å²) in [5, 5.41) is 0.452. The number of aryl methyl sites for hydroxylation is 1. The van der Waals surface area contributed by atoms with Crippen molar-refractivity contribution >= 4 is 22.8 Å². The lowest BCUT2D eigenvalue weighted by Crippen LogP contribution is -2.31. The third-order valence-corrected chi connectivity index (χ3v) is 6.25. The highest BCUT2D eigenvalue weighted by Gasteiger charge is 2.42.